The van der Waals surface area contributed by atoms with Crippen LogP contribution < -0.4 is 0 Å². The number of benzene rings is 1. The van der Waals surface area contributed by atoms with Crippen molar-refractivity contribution in [3.8, 4) is 0 Å². The van der Waals surface area contributed by atoms with Gasteiger partial charge < -0.3 is 5.11 Å². The van der Waals surface area contributed by atoms with E-state index in [9.17, 15) is 9.90 Å². The van der Waals surface area contributed by atoms with Crippen molar-refractivity contribution in [3.05, 3.63) is 46.5 Å². The molecule has 108 valence electrons. The van der Waals surface area contributed by atoms with Crippen molar-refractivity contribution >= 4 is 29.2 Å². The number of carbonyl (C=O) groups is 1. The number of rotatable bonds is 4. The molecule has 2 rings (SSSR count). The lowest BCUT2D eigenvalue weighted by molar-refractivity contribution is -0.145. The molecule has 0 unspecified atom stereocenters. The summed E-state index contributed by atoms with van der Waals surface area (Å²) in [6, 6.07) is 9.48. The van der Waals surface area contributed by atoms with Crippen LogP contribution in [0.2, 0.25) is 0 Å². The van der Waals surface area contributed by atoms with Gasteiger partial charge in [0, 0.05) is 17.1 Å². The van der Waals surface area contributed by atoms with Crippen LogP contribution in [0.15, 0.2) is 40.9 Å². The van der Waals surface area contributed by atoms with Crippen molar-refractivity contribution in [2.75, 3.05) is 19.6 Å². The number of hydrogen-bond acceptors (Lipinski definition) is 2. The third-order valence-electron chi connectivity index (χ3n) is 3.94. The Morgan fingerprint density at radius 2 is 1.90 bits per heavy atom. The van der Waals surface area contributed by atoms with E-state index in [0.29, 0.717) is 37.5 Å². The van der Waals surface area contributed by atoms with Gasteiger partial charge in [-0.05, 0) is 31.5 Å². The number of nitrogens with zero attached hydrogens (tertiary/aromatic N) is 1. The van der Waals surface area contributed by atoms with Crippen LogP contribution in [0.5, 0.6) is 0 Å². The Labute approximate surface area is 128 Å². The van der Waals surface area contributed by atoms with Gasteiger partial charge in [-0.25, -0.2) is 0 Å². The third-order valence-corrected chi connectivity index (χ3v) is 4.54. The Morgan fingerprint density at radius 3 is 2.40 bits per heavy atom. The maximum Gasteiger partial charge on any atom is 0.314 e. The average molecular weight is 314 g/mol. The van der Waals surface area contributed by atoms with Crippen LogP contribution in [0.1, 0.15) is 18.4 Å². The normalized spacial score (nSPS) is 19.8. The summed E-state index contributed by atoms with van der Waals surface area (Å²) in [5.41, 5.74) is 1.46. The monoisotopic (exact) mass is 313 g/mol. The zero-order valence-electron chi connectivity index (χ0n) is 11.1. The zero-order chi connectivity index (χ0) is 14.6. The molecule has 0 spiro atoms. The molecule has 0 atom stereocenters. The number of carboxylic acids is 1. The molecule has 1 aliphatic rings. The van der Waals surface area contributed by atoms with Gasteiger partial charge in [0.05, 0.1) is 5.41 Å². The summed E-state index contributed by atoms with van der Waals surface area (Å²) in [6.07, 6.45) is 1.16. The van der Waals surface area contributed by atoms with Crippen LogP contribution in [0.4, 0.5) is 0 Å². The summed E-state index contributed by atoms with van der Waals surface area (Å²) >= 11 is 11.5. The minimum atomic E-state index is -0.783. The Morgan fingerprint density at radius 1 is 1.30 bits per heavy atom. The van der Waals surface area contributed by atoms with Crippen molar-refractivity contribution in [3.63, 3.8) is 0 Å². The summed E-state index contributed by atoms with van der Waals surface area (Å²) in [5, 5.41) is 10.3. The van der Waals surface area contributed by atoms with E-state index in [-0.39, 0.29) is 0 Å². The minimum absolute atomic E-state index is 0.578. The van der Waals surface area contributed by atoms with Crippen molar-refractivity contribution in [2.45, 2.75) is 18.3 Å². The summed E-state index contributed by atoms with van der Waals surface area (Å²) in [7, 11) is 0. The topological polar surface area (TPSA) is 40.5 Å². The molecule has 1 aromatic carbocycles. The number of hydrogen-bond donors (Lipinski definition) is 1. The van der Waals surface area contributed by atoms with Crippen LogP contribution in [-0.2, 0) is 10.2 Å². The van der Waals surface area contributed by atoms with E-state index in [4.69, 9.17) is 23.2 Å². The van der Waals surface area contributed by atoms with E-state index < -0.39 is 11.4 Å². The summed E-state index contributed by atoms with van der Waals surface area (Å²) in [5.74, 6) is -0.748. The molecule has 5 heteroatoms. The first kappa shape index (κ1) is 15.4. The van der Waals surface area contributed by atoms with Gasteiger partial charge in [0.1, 0.15) is 0 Å². The van der Waals surface area contributed by atoms with Crippen molar-refractivity contribution < 1.29 is 9.90 Å². The fourth-order valence-corrected chi connectivity index (χ4v) is 2.96. The van der Waals surface area contributed by atoms with Gasteiger partial charge in [0.15, 0.2) is 0 Å². The molecule has 20 heavy (non-hydrogen) atoms. The Hall–Kier alpha value is -1.03. The fourth-order valence-electron chi connectivity index (χ4n) is 2.72. The average Bonchev–Trinajstić information content (AvgIpc) is 2.48. The molecule has 1 aromatic rings. The van der Waals surface area contributed by atoms with Crippen molar-refractivity contribution in [1.29, 1.82) is 0 Å². The number of aliphatic carboxylic acids is 1. The smallest absolute Gasteiger partial charge is 0.314 e. The second-order valence-corrected chi connectivity index (χ2v) is 5.79. The van der Waals surface area contributed by atoms with Crippen LogP contribution in [-0.4, -0.2) is 35.6 Å². The Kier molecular flexibility index (Phi) is 5.08. The first-order valence-corrected chi connectivity index (χ1v) is 7.36. The molecule has 0 aliphatic carbocycles. The van der Waals surface area contributed by atoms with Crippen LogP contribution in [0.25, 0.3) is 0 Å². The molecular weight excluding hydrogens is 297 g/mol. The van der Waals surface area contributed by atoms with Crippen LogP contribution in [0, 0.1) is 0 Å². The number of piperidine rings is 1. The molecule has 1 N–H and O–H groups in total. The second kappa shape index (κ2) is 6.61. The molecule has 1 heterocycles. The van der Waals surface area contributed by atoms with Gasteiger partial charge in [0.2, 0.25) is 0 Å². The largest absolute Gasteiger partial charge is 0.481 e. The van der Waals surface area contributed by atoms with Crippen molar-refractivity contribution in [1.82, 2.24) is 4.90 Å². The number of halogens is 2. The lowest BCUT2D eigenvalue weighted by Crippen LogP contribution is -2.47. The molecule has 0 amide bonds. The Balaban J connectivity index is 2.13. The minimum Gasteiger partial charge on any atom is -0.481 e. The maximum atomic E-state index is 11.8. The molecule has 0 radical (unpaired) electrons. The summed E-state index contributed by atoms with van der Waals surface area (Å²) < 4.78 is 0. The first-order valence-electron chi connectivity index (χ1n) is 6.54. The molecule has 0 saturated carbocycles. The highest BCUT2D eigenvalue weighted by Gasteiger charge is 2.42. The third kappa shape index (κ3) is 3.17. The van der Waals surface area contributed by atoms with E-state index in [1.54, 1.807) is 0 Å². The maximum absolute atomic E-state index is 11.8. The van der Waals surface area contributed by atoms with Gasteiger partial charge in [-0.3, -0.25) is 9.69 Å². The summed E-state index contributed by atoms with van der Waals surface area (Å²) in [4.78, 5) is 13.9. The molecule has 1 fully saturated rings. The van der Waals surface area contributed by atoms with E-state index in [0.717, 1.165) is 5.56 Å². The lowest BCUT2D eigenvalue weighted by atomic mass is 9.73. The first-order chi connectivity index (χ1) is 9.58. The Bertz CT molecular complexity index is 494. The fraction of sp³-hybridized carbons (Fsp3) is 0.400. The highest BCUT2D eigenvalue weighted by Crippen LogP contribution is 2.36. The molecule has 0 aromatic heterocycles. The van der Waals surface area contributed by atoms with Gasteiger partial charge in [-0.2, -0.15) is 0 Å². The highest BCUT2D eigenvalue weighted by molar-refractivity contribution is 6.36. The van der Waals surface area contributed by atoms with Gasteiger partial charge in [-0.15, -0.1) is 0 Å². The molecule has 3 nitrogen and oxygen atoms in total. The zero-order valence-corrected chi connectivity index (χ0v) is 12.6. The van der Waals surface area contributed by atoms with Crippen LogP contribution >= 0.6 is 23.2 Å². The van der Waals surface area contributed by atoms with Gasteiger partial charge >= 0.3 is 5.97 Å². The lowest BCUT2D eigenvalue weighted by Gasteiger charge is -2.39. The predicted octanol–water partition coefficient (Wildman–Crippen LogP) is 3.42. The van der Waals surface area contributed by atoms with E-state index in [1.165, 1.54) is 5.54 Å². The second-order valence-electron chi connectivity index (χ2n) is 5.09. The van der Waals surface area contributed by atoms with Gasteiger partial charge in [-0.1, -0.05) is 53.5 Å². The number of carboxylic acid groups (broad SMARTS) is 1. The van der Waals surface area contributed by atoms with E-state index in [1.807, 2.05) is 30.3 Å². The SMILES string of the molecule is O=C(O)C1(c2ccccc2)CCN(CC(Cl)=CCl)CC1. The van der Waals surface area contributed by atoms with Gasteiger partial charge in [0.25, 0.3) is 0 Å². The summed E-state index contributed by atoms with van der Waals surface area (Å²) in [6.45, 7) is 1.97. The highest BCUT2D eigenvalue weighted by atomic mass is 35.5. The van der Waals surface area contributed by atoms with E-state index >= 15 is 0 Å². The standard InChI is InChI=1S/C15H17Cl2NO2/c16-10-13(17)11-18-8-6-15(7-9-18,14(19)20)12-4-2-1-3-5-12/h1-5,10H,6-9,11H2,(H,19,20). The molecule has 1 aliphatic heterocycles. The number of likely N-dealkylation sites (tertiary alicyclic amines) is 1. The van der Waals surface area contributed by atoms with Crippen LogP contribution in [0.3, 0.4) is 0 Å². The quantitative estimate of drug-likeness (QED) is 0.926. The molecule has 0 bridgehead atoms. The molecule has 1 saturated heterocycles. The van der Waals surface area contributed by atoms with Crippen molar-refractivity contribution in [2.24, 2.45) is 0 Å². The predicted molar refractivity (Wildman–Crippen MR) is 81.2 cm³/mol. The van der Waals surface area contributed by atoms with E-state index in [2.05, 4.69) is 4.90 Å². The molecular formula is C15H17Cl2NO2.